The third-order valence-electron chi connectivity index (χ3n) is 0. The van der Waals surface area contributed by atoms with Gasteiger partial charge in [0.15, 0.2) is 0 Å². The molecule has 0 atom stereocenters. The molecule has 0 aliphatic rings. The van der Waals surface area contributed by atoms with Gasteiger partial charge in [-0.2, -0.15) is 13.5 Å². The lowest BCUT2D eigenvalue weighted by Crippen LogP contribution is -1.95. The topological polar surface area (TPSA) is 43.1 Å². The number of carbonyl (C=O) groups is 1. The van der Waals surface area contributed by atoms with Crippen molar-refractivity contribution < 1.29 is 4.79 Å². The summed E-state index contributed by atoms with van der Waals surface area (Å²) in [5.74, 6) is 0. The van der Waals surface area contributed by atoms with E-state index in [0.717, 1.165) is 0 Å². The molecule has 0 bridgehead atoms. The number of primary amides is 1. The zero-order valence-corrected chi connectivity index (χ0v) is 4.33. The molecule has 1 amide bonds. The van der Waals surface area contributed by atoms with Crippen LogP contribution in [0.1, 0.15) is 0 Å². The first-order valence-corrected chi connectivity index (χ1v) is 1.16. The van der Waals surface area contributed by atoms with Gasteiger partial charge in [0, 0.05) is 0 Å². The van der Waals surface area contributed by atoms with E-state index in [9.17, 15) is 0 Å². The minimum Gasteiger partial charge on any atom is -0.361 e. The molecule has 0 aliphatic heterocycles. The Balaban J connectivity index is 0. The Bertz CT molecular complexity index is 32.6. The van der Waals surface area contributed by atoms with Crippen LogP contribution in [0.25, 0.3) is 0 Å². The van der Waals surface area contributed by atoms with Crippen molar-refractivity contribution in [2.24, 2.45) is 5.73 Å². The van der Waals surface area contributed by atoms with E-state index in [1.165, 1.54) is 0 Å². The summed E-state index contributed by atoms with van der Waals surface area (Å²) in [6, 6.07) is 0. The summed E-state index contributed by atoms with van der Waals surface area (Å²) in [7, 11) is 0. The quantitative estimate of drug-likeness (QED) is 0.428. The summed E-state index contributed by atoms with van der Waals surface area (Å²) >= 11 is 3.10. The molecule has 0 radical (unpaired) electrons. The molecule has 0 saturated carbocycles. The van der Waals surface area contributed by atoms with Gasteiger partial charge in [0.05, 0.1) is 0 Å². The predicted octanol–water partition coefficient (Wildman–Crippen LogP) is 0.108. The van der Waals surface area contributed by atoms with Gasteiger partial charge >= 0.3 is 0 Å². The Morgan fingerprint density at radius 3 is 1.80 bits per heavy atom. The summed E-state index contributed by atoms with van der Waals surface area (Å²) in [6.45, 7) is 0. The second-order valence-electron chi connectivity index (χ2n) is 0.338. The predicted molar refractivity (Wildman–Crippen MR) is 29.0 cm³/mol. The van der Waals surface area contributed by atoms with E-state index in [1.54, 1.807) is 0 Å². The second kappa shape index (κ2) is 4.17. The number of amides is 1. The first kappa shape index (κ1) is 8.95. The first-order valence-electron chi connectivity index (χ1n) is 0.716. The van der Waals surface area contributed by atoms with Gasteiger partial charge in [-0.1, -0.05) is 12.6 Å². The van der Waals surface area contributed by atoms with Crippen LogP contribution in [0.3, 0.4) is 0 Å². The van der Waals surface area contributed by atoms with Crippen molar-refractivity contribution >= 4 is 31.4 Å². The summed E-state index contributed by atoms with van der Waals surface area (Å²) in [5.41, 5.74) is 4.34. The molecule has 0 aromatic carbocycles. The maximum Gasteiger partial charge on any atom is 0.273 e. The van der Waals surface area contributed by atoms with E-state index in [0.29, 0.717) is 0 Å². The molecule has 2 N–H and O–H groups in total. The molecule has 0 saturated heterocycles. The van der Waals surface area contributed by atoms with Gasteiger partial charge in [0.1, 0.15) is 0 Å². The maximum atomic E-state index is 9.09. The van der Waals surface area contributed by atoms with Gasteiger partial charge < -0.3 is 5.73 Å². The van der Waals surface area contributed by atoms with Crippen molar-refractivity contribution in [1.29, 1.82) is 0 Å². The maximum absolute atomic E-state index is 9.09. The lowest BCUT2D eigenvalue weighted by molar-refractivity contribution is 0.267. The van der Waals surface area contributed by atoms with Crippen molar-refractivity contribution in [2.45, 2.75) is 0 Å². The minimum atomic E-state index is -0.639. The molecule has 0 rings (SSSR count). The van der Waals surface area contributed by atoms with E-state index in [4.69, 9.17) is 4.79 Å². The molecule has 0 unspecified atom stereocenters. The highest BCUT2D eigenvalue weighted by molar-refractivity contribution is 7.96. The van der Waals surface area contributed by atoms with Crippen LogP contribution in [0.15, 0.2) is 0 Å². The highest BCUT2D eigenvalue weighted by atomic mass is 32.1. The Morgan fingerprint density at radius 1 is 1.80 bits per heavy atom. The second-order valence-corrected chi connectivity index (χ2v) is 0.779. The van der Waals surface area contributed by atoms with Crippen LogP contribution in [0.5, 0.6) is 0 Å². The average molecular weight is 111 g/mol. The van der Waals surface area contributed by atoms with Crippen LogP contribution in [-0.2, 0) is 0 Å². The van der Waals surface area contributed by atoms with Crippen LogP contribution < -0.4 is 5.73 Å². The molecule has 0 heterocycles. The molecule has 2 nitrogen and oxygen atoms in total. The average Bonchev–Trinajstić information content (AvgIpc) is 0.811. The fourth-order valence-corrected chi connectivity index (χ4v) is 0. The third-order valence-corrected chi connectivity index (χ3v) is 0. The summed E-state index contributed by atoms with van der Waals surface area (Å²) in [4.78, 5) is 9.09. The van der Waals surface area contributed by atoms with E-state index in [1.807, 2.05) is 0 Å². The SMILES string of the molecule is NC(=O)S.S. The largest absolute Gasteiger partial charge is 0.361 e. The monoisotopic (exact) mass is 111 g/mol. The summed E-state index contributed by atoms with van der Waals surface area (Å²) in [5, 5.41) is -0.639. The number of hydrogen-bond donors (Lipinski definition) is 2. The molecule has 32 valence electrons. The van der Waals surface area contributed by atoms with Gasteiger partial charge in [-0.15, -0.1) is 0 Å². The van der Waals surface area contributed by atoms with Gasteiger partial charge in [0.25, 0.3) is 5.24 Å². The normalized spacial score (nSPS) is 5.00. The molecular weight excluding hydrogens is 106 g/mol. The number of rotatable bonds is 0. The molecule has 0 fully saturated rings. The van der Waals surface area contributed by atoms with Crippen LogP contribution in [0, 0.1) is 0 Å². The lowest BCUT2D eigenvalue weighted by atomic mass is 11.5. The summed E-state index contributed by atoms with van der Waals surface area (Å²) in [6.07, 6.45) is 0. The van der Waals surface area contributed by atoms with E-state index in [-0.39, 0.29) is 13.5 Å². The number of nitrogens with two attached hydrogens (primary N) is 1. The van der Waals surface area contributed by atoms with Crippen LogP contribution in [0.2, 0.25) is 0 Å². The molecule has 0 aliphatic carbocycles. The van der Waals surface area contributed by atoms with Crippen molar-refractivity contribution in [2.75, 3.05) is 0 Å². The van der Waals surface area contributed by atoms with Crippen LogP contribution >= 0.6 is 26.1 Å². The van der Waals surface area contributed by atoms with Crippen molar-refractivity contribution in [3.05, 3.63) is 0 Å². The first-order chi connectivity index (χ1) is 1.73. The molecule has 0 aromatic rings. The van der Waals surface area contributed by atoms with Crippen LogP contribution in [0.4, 0.5) is 4.79 Å². The van der Waals surface area contributed by atoms with Gasteiger partial charge in [0.2, 0.25) is 0 Å². The Hall–Kier alpha value is 0.170. The Kier molecular flexibility index (Phi) is 7.46. The fraction of sp³-hybridized carbons (Fsp3) is 0. The summed E-state index contributed by atoms with van der Waals surface area (Å²) < 4.78 is 0. The standard InChI is InChI=1S/CH3NOS.H2S/c2-1(3)4;/h(H3,2,3,4);1H2. The molecule has 0 spiro atoms. The van der Waals surface area contributed by atoms with Crippen LogP contribution in [-0.4, -0.2) is 5.24 Å². The lowest BCUT2D eigenvalue weighted by Gasteiger charge is -1.58. The molecule has 4 heteroatoms. The highest BCUT2D eigenvalue weighted by Crippen LogP contribution is 1.60. The Labute approximate surface area is 42.6 Å². The van der Waals surface area contributed by atoms with Gasteiger partial charge in [-0.3, -0.25) is 4.79 Å². The fourth-order valence-electron chi connectivity index (χ4n) is 0. The molecule has 5 heavy (non-hydrogen) atoms. The number of hydrogen-bond acceptors (Lipinski definition) is 1. The van der Waals surface area contributed by atoms with Crippen molar-refractivity contribution in [3.8, 4) is 0 Å². The van der Waals surface area contributed by atoms with Gasteiger partial charge in [-0.25, -0.2) is 0 Å². The zero-order valence-electron chi connectivity index (χ0n) is 2.43. The van der Waals surface area contributed by atoms with Crippen molar-refractivity contribution in [3.63, 3.8) is 0 Å². The molecular formula is CH5NOS2. The number of carbonyl (C=O) groups excluding carboxylic acids is 1. The smallest absolute Gasteiger partial charge is 0.273 e. The molecule has 0 aromatic heterocycles. The van der Waals surface area contributed by atoms with E-state index < -0.39 is 5.24 Å². The van der Waals surface area contributed by atoms with E-state index in [2.05, 4.69) is 18.4 Å². The van der Waals surface area contributed by atoms with E-state index >= 15 is 0 Å². The van der Waals surface area contributed by atoms with Crippen molar-refractivity contribution in [1.82, 2.24) is 0 Å². The van der Waals surface area contributed by atoms with Gasteiger partial charge in [-0.05, 0) is 0 Å². The Morgan fingerprint density at radius 2 is 1.80 bits per heavy atom. The third kappa shape index (κ3) is 679. The zero-order chi connectivity index (χ0) is 3.58. The minimum absolute atomic E-state index is 0. The highest BCUT2D eigenvalue weighted by Gasteiger charge is 1.63. The number of thiol groups is 1.